The molecule has 0 unspecified atom stereocenters. The van der Waals surface area contributed by atoms with Crippen LogP contribution in [0.15, 0.2) is 103 Å². The number of benzene rings is 5. The molecule has 7 rings (SSSR count). The maximum Gasteiger partial charge on any atom is 0.207 e. The van der Waals surface area contributed by atoms with Gasteiger partial charge in [0.15, 0.2) is 17.0 Å². The highest BCUT2D eigenvalue weighted by molar-refractivity contribution is 7.56. The van der Waals surface area contributed by atoms with Crippen molar-refractivity contribution in [1.29, 1.82) is 0 Å². The third kappa shape index (κ3) is 6.16. The van der Waals surface area contributed by atoms with E-state index < -0.39 is 37.6 Å². The zero-order valence-corrected chi connectivity index (χ0v) is 31.9. The first-order valence-corrected chi connectivity index (χ1v) is 18.8. The number of aryl methyl sites for hydroxylation is 8. The fourth-order valence-corrected chi connectivity index (χ4v) is 10.2. The molecule has 258 valence electrons. The second-order valence-electron chi connectivity index (χ2n) is 15.2. The Balaban J connectivity index is 1.67. The van der Waals surface area contributed by atoms with E-state index in [1.807, 2.05) is 19.9 Å². The summed E-state index contributed by atoms with van der Waals surface area (Å²) in [7, 11) is -1.76. The van der Waals surface area contributed by atoms with Crippen molar-refractivity contribution in [2.45, 2.75) is 98.4 Å². The van der Waals surface area contributed by atoms with E-state index in [0.717, 1.165) is 72.1 Å². The van der Waals surface area contributed by atoms with Crippen molar-refractivity contribution < 1.29 is 18.5 Å². The minimum absolute atomic E-state index is 0.613. The van der Waals surface area contributed by atoms with Gasteiger partial charge in [0.25, 0.3) is 0 Å². The van der Waals surface area contributed by atoms with Crippen LogP contribution in [0.25, 0.3) is 0 Å². The van der Waals surface area contributed by atoms with Gasteiger partial charge in [-0.15, -0.1) is 0 Å². The molecular weight excluding hydrogens is 635 g/mol. The van der Waals surface area contributed by atoms with Gasteiger partial charge in [-0.1, -0.05) is 136 Å². The normalized spacial score (nSPS) is 21.1. The van der Waals surface area contributed by atoms with E-state index >= 15 is 0 Å². The molecule has 2 fully saturated rings. The third-order valence-electron chi connectivity index (χ3n) is 9.92. The van der Waals surface area contributed by atoms with Crippen LogP contribution < -0.4 is 5.30 Å². The molecule has 0 N–H and O–H groups in total. The fraction of sp³-hybridized carbons (Fsp3) is 0.333. The zero-order chi connectivity index (χ0) is 35.6. The van der Waals surface area contributed by atoms with E-state index in [1.54, 1.807) is 0 Å². The highest BCUT2D eigenvalue weighted by Gasteiger charge is 2.67. The lowest BCUT2D eigenvalue weighted by molar-refractivity contribution is -0.173. The van der Waals surface area contributed by atoms with E-state index in [0.29, 0.717) is 0 Å². The average Bonchev–Trinajstić information content (AvgIpc) is 3.29. The molecule has 2 aliphatic heterocycles. The highest BCUT2D eigenvalue weighted by atomic mass is 31.2. The maximum absolute atomic E-state index is 7.84. The van der Waals surface area contributed by atoms with Crippen molar-refractivity contribution in [2.24, 2.45) is 0 Å². The fourth-order valence-electron chi connectivity index (χ4n) is 8.35. The minimum Gasteiger partial charge on any atom is -0.341 e. The molecule has 0 amide bonds. The molecule has 0 saturated carbocycles. The van der Waals surface area contributed by atoms with E-state index in [1.165, 1.54) is 0 Å². The smallest absolute Gasteiger partial charge is 0.207 e. The molecule has 2 atom stereocenters. The molecule has 2 heterocycles. The van der Waals surface area contributed by atoms with E-state index in [-0.39, 0.29) is 0 Å². The van der Waals surface area contributed by atoms with Gasteiger partial charge < -0.3 is 18.5 Å². The van der Waals surface area contributed by atoms with Gasteiger partial charge in [0.1, 0.15) is 12.2 Å². The van der Waals surface area contributed by atoms with Crippen LogP contribution in [0, 0.1) is 55.4 Å². The Morgan fingerprint density at radius 2 is 0.700 bits per heavy atom. The van der Waals surface area contributed by atoms with Crippen molar-refractivity contribution in [3.05, 3.63) is 170 Å². The number of hydrogen-bond donors (Lipinski definition) is 0. The molecule has 0 bridgehead atoms. The standard InChI is InChI=1S/C45H49O4P/c1-28-16-29(2)21-36(20-28)44(37-22-30(3)17-31(4)23-37)41-42(47-43(9,10)46-41)45(38-24-32(5)18-33(6)25-38,39-26-34(7)19-35(8)27-39)49-50(48-44)40-14-12-11-13-15-40/h11-27,41-42H,1-10H3/t41-,42-/m0/s1. The maximum atomic E-state index is 7.84. The summed E-state index contributed by atoms with van der Waals surface area (Å²) in [5.74, 6) is -0.944. The van der Waals surface area contributed by atoms with Crippen LogP contribution in [0.3, 0.4) is 0 Å². The van der Waals surface area contributed by atoms with Crippen LogP contribution in [0.5, 0.6) is 0 Å². The molecule has 2 aliphatic rings. The van der Waals surface area contributed by atoms with Gasteiger partial charge in [-0.25, -0.2) is 0 Å². The van der Waals surface area contributed by atoms with Gasteiger partial charge in [0.05, 0.1) is 0 Å². The summed E-state index contributed by atoms with van der Waals surface area (Å²) in [5.41, 5.74) is 11.2. The van der Waals surface area contributed by atoms with Crippen LogP contribution in [0.4, 0.5) is 0 Å². The molecule has 5 heteroatoms. The average molecular weight is 685 g/mol. The quantitative estimate of drug-likeness (QED) is 0.173. The monoisotopic (exact) mass is 684 g/mol. The van der Waals surface area contributed by atoms with Crippen LogP contribution in [0.2, 0.25) is 0 Å². The zero-order valence-electron chi connectivity index (χ0n) is 31.0. The molecule has 5 aromatic carbocycles. The second-order valence-corrected chi connectivity index (χ2v) is 16.6. The Morgan fingerprint density at radius 3 is 0.980 bits per heavy atom. The van der Waals surface area contributed by atoms with Gasteiger partial charge in [0, 0.05) is 5.30 Å². The second kappa shape index (κ2) is 12.9. The van der Waals surface area contributed by atoms with E-state index in [4.69, 9.17) is 18.5 Å². The number of fused-ring (bicyclic) bond motifs is 1. The topological polar surface area (TPSA) is 36.9 Å². The number of hydrogen-bond acceptors (Lipinski definition) is 4. The van der Waals surface area contributed by atoms with Crippen molar-refractivity contribution in [1.82, 2.24) is 0 Å². The molecule has 50 heavy (non-hydrogen) atoms. The van der Waals surface area contributed by atoms with Gasteiger partial charge in [0.2, 0.25) is 8.38 Å². The molecule has 5 aromatic rings. The molecule has 0 aromatic heterocycles. The SMILES string of the molecule is Cc1cc(C)cc(C2(c3cc(C)cc(C)c3)OP(c3ccccc3)OC(c3cc(C)cc(C)c3)(c3cc(C)cc(C)c3)[C@H]3OC(C)(C)O[C@@H]32)c1. The Morgan fingerprint density at radius 1 is 0.420 bits per heavy atom. The van der Waals surface area contributed by atoms with Crippen molar-refractivity contribution >= 4 is 13.7 Å². The highest BCUT2D eigenvalue weighted by Crippen LogP contribution is 2.64. The van der Waals surface area contributed by atoms with Crippen LogP contribution in [0.1, 0.15) is 80.6 Å². The van der Waals surface area contributed by atoms with Crippen molar-refractivity contribution in [3.63, 3.8) is 0 Å². The van der Waals surface area contributed by atoms with Crippen molar-refractivity contribution in [3.8, 4) is 0 Å². The summed E-state index contributed by atoms with van der Waals surface area (Å²) in [6.07, 6.45) is -1.23. The summed E-state index contributed by atoms with van der Waals surface area (Å²) >= 11 is 0. The Kier molecular flexibility index (Phi) is 8.94. The summed E-state index contributed by atoms with van der Waals surface area (Å²) in [5, 5.41) is 0.984. The predicted molar refractivity (Wildman–Crippen MR) is 204 cm³/mol. The molecule has 0 radical (unpaired) electrons. The minimum atomic E-state index is -1.76. The summed E-state index contributed by atoms with van der Waals surface area (Å²) < 4.78 is 30.3. The summed E-state index contributed by atoms with van der Waals surface area (Å²) in [6.45, 7) is 21.3. The lowest BCUT2D eigenvalue weighted by Crippen LogP contribution is -2.53. The lowest BCUT2D eigenvalue weighted by Gasteiger charge is -2.42. The van der Waals surface area contributed by atoms with Crippen LogP contribution in [-0.4, -0.2) is 18.0 Å². The Labute approximate surface area is 299 Å². The third-order valence-corrected chi connectivity index (χ3v) is 11.5. The van der Waals surface area contributed by atoms with Gasteiger partial charge in [-0.05, 0) is 104 Å². The first-order chi connectivity index (χ1) is 23.7. The largest absolute Gasteiger partial charge is 0.341 e. The Hall–Kier alpha value is -3.63. The summed E-state index contributed by atoms with van der Waals surface area (Å²) in [4.78, 5) is 0. The predicted octanol–water partition coefficient (Wildman–Crippen LogP) is 10.5. The lowest BCUT2D eigenvalue weighted by atomic mass is 9.70. The Bertz CT molecular complexity index is 1750. The van der Waals surface area contributed by atoms with E-state index in [2.05, 4.69) is 152 Å². The van der Waals surface area contributed by atoms with Gasteiger partial charge in [-0.3, -0.25) is 0 Å². The first kappa shape index (κ1) is 34.8. The molecule has 0 spiro atoms. The molecule has 4 nitrogen and oxygen atoms in total. The molecule has 0 aliphatic carbocycles. The molecular formula is C45H49O4P. The van der Waals surface area contributed by atoms with E-state index in [9.17, 15) is 0 Å². The van der Waals surface area contributed by atoms with Crippen molar-refractivity contribution in [2.75, 3.05) is 0 Å². The number of ether oxygens (including phenoxy) is 2. The molecule has 2 saturated heterocycles. The summed E-state index contributed by atoms with van der Waals surface area (Å²) in [6, 6.07) is 37.4. The number of rotatable bonds is 5. The van der Waals surface area contributed by atoms with Crippen LogP contribution >= 0.6 is 8.38 Å². The van der Waals surface area contributed by atoms with Gasteiger partial charge >= 0.3 is 0 Å². The first-order valence-electron chi connectivity index (χ1n) is 17.6. The van der Waals surface area contributed by atoms with Crippen LogP contribution in [-0.2, 0) is 29.7 Å². The van der Waals surface area contributed by atoms with Gasteiger partial charge in [-0.2, -0.15) is 0 Å².